The molecule has 0 amide bonds. The highest BCUT2D eigenvalue weighted by Crippen LogP contribution is 2.14. The first-order valence-corrected chi connectivity index (χ1v) is 7.17. The fraction of sp³-hybridized carbons (Fsp3) is 0.636. The highest BCUT2D eigenvalue weighted by molar-refractivity contribution is 7.91. The van der Waals surface area contributed by atoms with Crippen LogP contribution in [0.25, 0.3) is 0 Å². The minimum absolute atomic E-state index is 0.0171. The smallest absolute Gasteiger partial charge is 0.159 e. The maximum atomic E-state index is 11.6. The lowest BCUT2D eigenvalue weighted by Crippen LogP contribution is -2.15. The molecule has 0 radical (unpaired) electrons. The van der Waals surface area contributed by atoms with Crippen LogP contribution in [0.5, 0.6) is 0 Å². The van der Waals surface area contributed by atoms with Crippen LogP contribution in [0.3, 0.4) is 0 Å². The Morgan fingerprint density at radius 2 is 1.94 bits per heavy atom. The van der Waals surface area contributed by atoms with Gasteiger partial charge in [0.1, 0.15) is 17.3 Å². The Labute approximate surface area is 97.0 Å². The van der Waals surface area contributed by atoms with Crippen LogP contribution in [-0.4, -0.2) is 20.2 Å². The summed E-state index contributed by atoms with van der Waals surface area (Å²) >= 11 is 0. The van der Waals surface area contributed by atoms with E-state index in [0.717, 1.165) is 12.3 Å². The van der Waals surface area contributed by atoms with Gasteiger partial charge in [0, 0.05) is 0 Å². The van der Waals surface area contributed by atoms with Crippen LogP contribution >= 0.6 is 0 Å². The van der Waals surface area contributed by atoms with E-state index in [1.54, 1.807) is 19.9 Å². The number of sulfone groups is 1. The van der Waals surface area contributed by atoms with Crippen molar-refractivity contribution in [3.05, 3.63) is 23.7 Å². The third-order valence-electron chi connectivity index (χ3n) is 2.33. The van der Waals surface area contributed by atoms with E-state index in [0.29, 0.717) is 12.3 Å². The quantitative estimate of drug-likeness (QED) is 0.829. The van der Waals surface area contributed by atoms with Gasteiger partial charge >= 0.3 is 0 Å². The average molecular weight is 245 g/mol. The van der Waals surface area contributed by atoms with Gasteiger partial charge in [-0.25, -0.2) is 8.42 Å². The molecule has 92 valence electrons. The normalized spacial score (nSPS) is 12.2. The van der Waals surface area contributed by atoms with Crippen molar-refractivity contribution in [2.24, 2.45) is 0 Å². The molecule has 1 rings (SSSR count). The number of furan rings is 1. The van der Waals surface area contributed by atoms with Crippen molar-refractivity contribution >= 4 is 9.84 Å². The molecule has 4 nitrogen and oxygen atoms in total. The zero-order chi connectivity index (χ0) is 12.2. The summed E-state index contributed by atoms with van der Waals surface area (Å²) in [6.45, 7) is 6.86. The molecule has 0 saturated carbocycles. The molecule has 16 heavy (non-hydrogen) atoms. The van der Waals surface area contributed by atoms with Crippen LogP contribution in [0.2, 0.25) is 0 Å². The lowest BCUT2D eigenvalue weighted by molar-refractivity contribution is 0.458. The van der Waals surface area contributed by atoms with Crippen molar-refractivity contribution in [1.29, 1.82) is 0 Å². The van der Waals surface area contributed by atoms with Gasteiger partial charge in [-0.15, -0.1) is 0 Å². The minimum Gasteiger partial charge on any atom is -0.464 e. The van der Waals surface area contributed by atoms with E-state index in [9.17, 15) is 8.42 Å². The molecule has 0 bridgehead atoms. The van der Waals surface area contributed by atoms with Gasteiger partial charge in [-0.1, -0.05) is 6.92 Å². The van der Waals surface area contributed by atoms with Crippen molar-refractivity contribution in [3.63, 3.8) is 0 Å². The second-order valence-corrected chi connectivity index (χ2v) is 6.56. The van der Waals surface area contributed by atoms with E-state index in [2.05, 4.69) is 5.32 Å². The topological polar surface area (TPSA) is 59.3 Å². The summed E-state index contributed by atoms with van der Waals surface area (Å²) in [5.41, 5.74) is 0. The van der Waals surface area contributed by atoms with Crippen molar-refractivity contribution < 1.29 is 12.8 Å². The molecule has 0 unspecified atom stereocenters. The summed E-state index contributed by atoms with van der Waals surface area (Å²) in [6.07, 6.45) is 0. The van der Waals surface area contributed by atoms with Gasteiger partial charge in [0.2, 0.25) is 0 Å². The van der Waals surface area contributed by atoms with Crippen LogP contribution in [0.4, 0.5) is 0 Å². The summed E-state index contributed by atoms with van der Waals surface area (Å²) in [6, 6.07) is 3.54. The van der Waals surface area contributed by atoms with E-state index in [1.807, 2.05) is 13.0 Å². The zero-order valence-electron chi connectivity index (χ0n) is 9.99. The molecular weight excluding hydrogens is 226 g/mol. The fourth-order valence-electron chi connectivity index (χ4n) is 1.21. The molecule has 0 aliphatic carbocycles. The maximum Gasteiger partial charge on any atom is 0.159 e. The molecule has 0 saturated heterocycles. The lowest BCUT2D eigenvalue weighted by Gasteiger charge is -2.05. The zero-order valence-corrected chi connectivity index (χ0v) is 10.8. The summed E-state index contributed by atoms with van der Waals surface area (Å²) in [5, 5.41) is 2.75. The Kier molecular flexibility index (Phi) is 4.56. The Hall–Kier alpha value is -0.810. The number of hydrogen-bond donors (Lipinski definition) is 1. The van der Waals surface area contributed by atoms with Gasteiger partial charge in [-0.3, -0.25) is 0 Å². The maximum absolute atomic E-state index is 11.6. The highest BCUT2D eigenvalue weighted by atomic mass is 32.2. The van der Waals surface area contributed by atoms with Crippen LogP contribution in [0.1, 0.15) is 32.3 Å². The van der Waals surface area contributed by atoms with E-state index in [4.69, 9.17) is 4.42 Å². The average Bonchev–Trinajstić information content (AvgIpc) is 2.61. The third-order valence-corrected chi connectivity index (χ3v) is 4.45. The Morgan fingerprint density at radius 3 is 2.50 bits per heavy atom. The number of hydrogen-bond acceptors (Lipinski definition) is 4. The second-order valence-electron chi connectivity index (χ2n) is 4.00. The van der Waals surface area contributed by atoms with Crippen molar-refractivity contribution in [3.8, 4) is 0 Å². The fourth-order valence-corrected chi connectivity index (χ4v) is 2.09. The van der Waals surface area contributed by atoms with Gasteiger partial charge in [-0.2, -0.15) is 0 Å². The Balaban J connectivity index is 2.65. The van der Waals surface area contributed by atoms with Crippen molar-refractivity contribution in [1.82, 2.24) is 5.32 Å². The Morgan fingerprint density at radius 1 is 1.31 bits per heavy atom. The molecule has 1 heterocycles. The summed E-state index contributed by atoms with van der Waals surface area (Å²) in [4.78, 5) is 0. The SMILES string of the molecule is CCNCc1ccc(CS(=O)(=O)C(C)C)o1. The van der Waals surface area contributed by atoms with Gasteiger partial charge in [0.05, 0.1) is 11.8 Å². The second kappa shape index (κ2) is 5.50. The molecule has 0 aliphatic heterocycles. The molecular formula is C11H19NO3S. The van der Waals surface area contributed by atoms with E-state index in [1.165, 1.54) is 0 Å². The highest BCUT2D eigenvalue weighted by Gasteiger charge is 2.18. The first kappa shape index (κ1) is 13.3. The minimum atomic E-state index is -3.07. The largest absolute Gasteiger partial charge is 0.464 e. The van der Waals surface area contributed by atoms with Crippen molar-refractivity contribution in [2.45, 2.75) is 38.3 Å². The predicted octanol–water partition coefficient (Wildman–Crippen LogP) is 1.71. The molecule has 1 aromatic heterocycles. The molecule has 1 aromatic rings. The molecule has 0 fully saturated rings. The standard InChI is InChI=1S/C11H19NO3S/c1-4-12-7-10-5-6-11(15-10)8-16(13,14)9(2)3/h5-6,9,12H,4,7-8H2,1-3H3. The first-order chi connectivity index (χ1) is 7.45. The van der Waals surface area contributed by atoms with Crippen molar-refractivity contribution in [2.75, 3.05) is 6.54 Å². The molecule has 5 heteroatoms. The summed E-state index contributed by atoms with van der Waals surface area (Å²) < 4.78 is 28.7. The predicted molar refractivity (Wildman–Crippen MR) is 63.8 cm³/mol. The third kappa shape index (κ3) is 3.64. The van der Waals surface area contributed by atoms with E-state index in [-0.39, 0.29) is 11.0 Å². The van der Waals surface area contributed by atoms with Crippen LogP contribution < -0.4 is 5.32 Å². The van der Waals surface area contributed by atoms with Crippen LogP contribution in [0.15, 0.2) is 16.5 Å². The van der Waals surface area contributed by atoms with Crippen LogP contribution in [0, 0.1) is 0 Å². The van der Waals surface area contributed by atoms with E-state index >= 15 is 0 Å². The first-order valence-electron chi connectivity index (χ1n) is 5.45. The van der Waals surface area contributed by atoms with E-state index < -0.39 is 9.84 Å². The van der Waals surface area contributed by atoms with Gasteiger partial charge in [-0.05, 0) is 32.5 Å². The number of rotatable bonds is 6. The molecule has 0 aliphatic rings. The lowest BCUT2D eigenvalue weighted by atomic mass is 10.4. The van der Waals surface area contributed by atoms with Gasteiger partial charge in [0.25, 0.3) is 0 Å². The summed E-state index contributed by atoms with van der Waals surface area (Å²) in [5.74, 6) is 1.27. The number of nitrogens with one attached hydrogen (secondary N) is 1. The molecule has 0 spiro atoms. The Bertz CT molecular complexity index is 420. The van der Waals surface area contributed by atoms with Crippen LogP contribution in [-0.2, 0) is 22.1 Å². The monoisotopic (exact) mass is 245 g/mol. The molecule has 0 atom stereocenters. The van der Waals surface area contributed by atoms with Gasteiger partial charge < -0.3 is 9.73 Å². The summed E-state index contributed by atoms with van der Waals surface area (Å²) in [7, 11) is -3.07. The molecule has 0 aromatic carbocycles. The molecule has 1 N–H and O–H groups in total. The van der Waals surface area contributed by atoms with Gasteiger partial charge in [0.15, 0.2) is 9.84 Å².